The van der Waals surface area contributed by atoms with Gasteiger partial charge in [0.1, 0.15) is 11.2 Å². The van der Waals surface area contributed by atoms with Crippen LogP contribution in [-0.4, -0.2) is 11.5 Å². The standard InChI is InChI=1S/C43H28N2O/c1-3-10-27(11-4-1)41-37-23-26-18-20-32-34(22-26)31-15-8-7-14-29(31)24-35(32)33-16-9-17-39-40(33)36-25-30(19-21-38(36)46-39)42(37)45-43(44-41)28-12-5-2-6-13-28/h1-22,24-25,37,42H,23H2. The minimum Gasteiger partial charge on any atom is -0.456 e. The average Bonchev–Trinajstić information content (AvgIpc) is 3.50. The number of fused-ring (bicyclic) bond motifs is 2. The first kappa shape index (κ1) is 25.5. The molecule has 0 radical (unpaired) electrons. The molecule has 2 heterocycles. The van der Waals surface area contributed by atoms with Gasteiger partial charge in [-0.05, 0) is 80.0 Å². The molecule has 0 saturated heterocycles. The SMILES string of the molecule is c1ccc(C2=NC3c4ccc5oc6cccc(c6c5c4)-c4cc5ccccc5c5cc(ccc45)CC3C(c3ccccc3)=N2)cc1. The molecule has 3 aliphatic rings. The van der Waals surface area contributed by atoms with Crippen LogP contribution in [0.15, 0.2) is 160 Å². The molecule has 8 aromatic rings. The highest BCUT2D eigenvalue weighted by Crippen LogP contribution is 2.45. The van der Waals surface area contributed by atoms with Gasteiger partial charge in [0, 0.05) is 22.3 Å². The maximum absolute atomic E-state index is 6.52. The molecule has 6 bridgehead atoms. The molecule has 0 saturated carbocycles. The van der Waals surface area contributed by atoms with Gasteiger partial charge in [0.2, 0.25) is 0 Å². The Hall–Kier alpha value is -5.80. The predicted octanol–water partition coefficient (Wildman–Crippen LogP) is 10.7. The van der Waals surface area contributed by atoms with E-state index in [-0.39, 0.29) is 12.0 Å². The molecule has 0 N–H and O–H groups in total. The number of rotatable bonds is 2. The van der Waals surface area contributed by atoms with Crippen molar-refractivity contribution in [2.45, 2.75) is 12.5 Å². The smallest absolute Gasteiger partial charge is 0.155 e. The summed E-state index contributed by atoms with van der Waals surface area (Å²) >= 11 is 0. The summed E-state index contributed by atoms with van der Waals surface area (Å²) in [6.45, 7) is 0. The first-order chi connectivity index (χ1) is 22.8. The maximum atomic E-state index is 6.52. The molecule has 216 valence electrons. The second kappa shape index (κ2) is 9.85. The highest BCUT2D eigenvalue weighted by Gasteiger charge is 2.34. The molecule has 7 aromatic carbocycles. The lowest BCUT2D eigenvalue weighted by Gasteiger charge is -2.31. The van der Waals surface area contributed by atoms with E-state index in [9.17, 15) is 0 Å². The summed E-state index contributed by atoms with van der Waals surface area (Å²) in [5, 5.41) is 7.30. The largest absolute Gasteiger partial charge is 0.456 e. The summed E-state index contributed by atoms with van der Waals surface area (Å²) in [6, 6.07) is 52.2. The molecular formula is C43H28N2O. The Bertz CT molecular complexity index is 2560. The fourth-order valence-electron chi connectivity index (χ4n) is 7.73. The van der Waals surface area contributed by atoms with E-state index in [0.29, 0.717) is 0 Å². The molecule has 0 fully saturated rings. The monoisotopic (exact) mass is 588 g/mol. The van der Waals surface area contributed by atoms with Crippen LogP contribution in [0.2, 0.25) is 0 Å². The average molecular weight is 589 g/mol. The minimum absolute atomic E-state index is 0.0256. The lowest BCUT2D eigenvalue weighted by atomic mass is 9.80. The number of furan rings is 1. The van der Waals surface area contributed by atoms with Crippen LogP contribution in [0.1, 0.15) is 28.3 Å². The third-order valence-electron chi connectivity index (χ3n) is 9.85. The molecule has 46 heavy (non-hydrogen) atoms. The summed E-state index contributed by atoms with van der Waals surface area (Å²) < 4.78 is 6.52. The lowest BCUT2D eigenvalue weighted by molar-refractivity contribution is 0.545. The van der Waals surface area contributed by atoms with Crippen LogP contribution in [0.25, 0.3) is 54.6 Å². The maximum Gasteiger partial charge on any atom is 0.155 e. The van der Waals surface area contributed by atoms with Gasteiger partial charge in [-0.15, -0.1) is 0 Å². The Morgan fingerprint density at radius 1 is 0.543 bits per heavy atom. The quantitative estimate of drug-likeness (QED) is 0.185. The molecule has 11 rings (SSSR count). The molecule has 1 aliphatic heterocycles. The summed E-state index contributed by atoms with van der Waals surface area (Å²) in [5.74, 6) is 0.800. The zero-order chi connectivity index (χ0) is 30.2. The fraction of sp³-hybridized carbons (Fsp3) is 0.0698. The first-order valence-corrected chi connectivity index (χ1v) is 16.0. The molecule has 3 nitrogen and oxygen atoms in total. The van der Waals surface area contributed by atoms with E-state index in [1.54, 1.807) is 0 Å². The van der Waals surface area contributed by atoms with Gasteiger partial charge in [-0.3, -0.25) is 4.99 Å². The first-order valence-electron chi connectivity index (χ1n) is 16.0. The van der Waals surface area contributed by atoms with Crippen LogP contribution in [0.5, 0.6) is 0 Å². The number of benzene rings is 7. The summed E-state index contributed by atoms with van der Waals surface area (Å²) in [6.07, 6.45) is 0.810. The Labute approximate surface area is 266 Å². The van der Waals surface area contributed by atoms with Gasteiger partial charge in [-0.2, -0.15) is 0 Å². The number of hydrogen-bond donors (Lipinski definition) is 0. The fourth-order valence-corrected chi connectivity index (χ4v) is 7.73. The normalized spacial score (nSPS) is 17.3. The second-order valence-electron chi connectivity index (χ2n) is 12.5. The Morgan fingerprint density at radius 3 is 2.22 bits per heavy atom. The van der Waals surface area contributed by atoms with Gasteiger partial charge in [0.25, 0.3) is 0 Å². The minimum atomic E-state index is -0.138. The summed E-state index contributed by atoms with van der Waals surface area (Å²) in [4.78, 5) is 10.8. The van der Waals surface area contributed by atoms with Crippen LogP contribution in [0.3, 0.4) is 0 Å². The van der Waals surface area contributed by atoms with Crippen molar-refractivity contribution in [1.29, 1.82) is 0 Å². The molecule has 0 spiro atoms. The Morgan fingerprint density at radius 2 is 1.35 bits per heavy atom. The van der Waals surface area contributed by atoms with Crippen LogP contribution in [-0.2, 0) is 6.42 Å². The van der Waals surface area contributed by atoms with Crippen LogP contribution in [0, 0.1) is 5.92 Å². The second-order valence-corrected chi connectivity index (χ2v) is 12.5. The van der Waals surface area contributed by atoms with Gasteiger partial charge < -0.3 is 4.42 Å². The van der Waals surface area contributed by atoms with E-state index in [4.69, 9.17) is 14.4 Å². The third-order valence-corrected chi connectivity index (χ3v) is 9.85. The zero-order valence-electron chi connectivity index (χ0n) is 25.0. The van der Waals surface area contributed by atoms with Crippen molar-refractivity contribution in [3.05, 3.63) is 168 Å². The highest BCUT2D eigenvalue weighted by atomic mass is 16.3. The molecule has 0 amide bonds. The van der Waals surface area contributed by atoms with Crippen molar-refractivity contribution in [2.24, 2.45) is 15.9 Å². The molecular weight excluding hydrogens is 560 g/mol. The number of nitrogens with zero attached hydrogens (tertiary/aromatic N) is 2. The highest BCUT2D eigenvalue weighted by molar-refractivity contribution is 6.20. The molecule has 2 unspecified atom stereocenters. The van der Waals surface area contributed by atoms with Gasteiger partial charge in [-0.25, -0.2) is 4.99 Å². The van der Waals surface area contributed by atoms with Crippen molar-refractivity contribution in [2.75, 3.05) is 0 Å². The Kier molecular flexibility index (Phi) is 5.47. The van der Waals surface area contributed by atoms with E-state index < -0.39 is 0 Å². The van der Waals surface area contributed by atoms with Gasteiger partial charge in [0.05, 0.1) is 11.8 Å². The van der Waals surface area contributed by atoms with E-state index >= 15 is 0 Å². The summed E-state index contributed by atoms with van der Waals surface area (Å²) in [5.41, 5.74) is 9.91. The van der Waals surface area contributed by atoms with E-state index in [1.807, 2.05) is 6.07 Å². The van der Waals surface area contributed by atoms with E-state index in [2.05, 4.69) is 140 Å². The zero-order valence-corrected chi connectivity index (χ0v) is 25.0. The van der Waals surface area contributed by atoms with Crippen molar-refractivity contribution in [1.82, 2.24) is 0 Å². The molecule has 2 atom stereocenters. The molecule has 1 aromatic heterocycles. The Balaban J connectivity index is 1.33. The van der Waals surface area contributed by atoms with Crippen molar-refractivity contribution in [3.8, 4) is 11.1 Å². The van der Waals surface area contributed by atoms with Gasteiger partial charge in [-0.1, -0.05) is 121 Å². The topological polar surface area (TPSA) is 37.9 Å². The van der Waals surface area contributed by atoms with Crippen LogP contribution < -0.4 is 0 Å². The molecule has 3 heteroatoms. The van der Waals surface area contributed by atoms with Crippen LogP contribution in [0.4, 0.5) is 0 Å². The van der Waals surface area contributed by atoms with Crippen LogP contribution >= 0.6 is 0 Å². The van der Waals surface area contributed by atoms with Crippen molar-refractivity contribution in [3.63, 3.8) is 0 Å². The number of amidine groups is 1. The van der Waals surface area contributed by atoms with E-state index in [0.717, 1.165) is 51.0 Å². The molecule has 2 aliphatic carbocycles. The van der Waals surface area contributed by atoms with E-state index in [1.165, 1.54) is 43.8 Å². The number of aliphatic imine (C=N–C) groups is 2. The third kappa shape index (κ3) is 3.85. The van der Waals surface area contributed by atoms with Gasteiger partial charge in [0.15, 0.2) is 5.84 Å². The lowest BCUT2D eigenvalue weighted by Crippen LogP contribution is -2.30. The number of hydrogen-bond acceptors (Lipinski definition) is 3. The van der Waals surface area contributed by atoms with Gasteiger partial charge >= 0.3 is 0 Å². The van der Waals surface area contributed by atoms with Crippen molar-refractivity contribution < 1.29 is 4.42 Å². The van der Waals surface area contributed by atoms with Crippen molar-refractivity contribution >= 4 is 55.0 Å². The summed E-state index contributed by atoms with van der Waals surface area (Å²) in [7, 11) is 0. The predicted molar refractivity (Wildman–Crippen MR) is 190 cm³/mol.